The van der Waals surface area contributed by atoms with Crippen molar-refractivity contribution in [1.82, 2.24) is 0 Å². The third-order valence-corrected chi connectivity index (χ3v) is 2.28. The van der Waals surface area contributed by atoms with E-state index in [1.54, 1.807) is 12.1 Å². The molecule has 0 aliphatic carbocycles. The van der Waals surface area contributed by atoms with Gasteiger partial charge in [0.2, 0.25) is 0 Å². The number of benzene rings is 1. The number of hydrogen-bond acceptors (Lipinski definition) is 1. The smallest absolute Gasteiger partial charge is 0.393 e. The monoisotopic (exact) mass is 246 g/mol. The Morgan fingerprint density at radius 2 is 1.65 bits per heavy atom. The van der Waals surface area contributed by atoms with E-state index in [1.807, 2.05) is 0 Å². The van der Waals surface area contributed by atoms with Crippen molar-refractivity contribution in [2.24, 2.45) is 0 Å². The summed E-state index contributed by atoms with van der Waals surface area (Å²) in [6, 6.07) is 6.10. The number of hydrogen-bond donors (Lipinski definition) is 1. The van der Waals surface area contributed by atoms with Gasteiger partial charge in [-0.05, 0) is 24.0 Å². The van der Waals surface area contributed by atoms with Crippen molar-refractivity contribution in [3.63, 3.8) is 0 Å². The van der Waals surface area contributed by atoms with Gasteiger partial charge in [0.1, 0.15) is 0 Å². The van der Waals surface area contributed by atoms with Crippen molar-refractivity contribution in [3.05, 3.63) is 35.4 Å². The summed E-state index contributed by atoms with van der Waals surface area (Å²) in [6.45, 7) is 0. The summed E-state index contributed by atoms with van der Waals surface area (Å²) in [4.78, 5) is 10.3. The number of aliphatic carboxylic acids is 1. The van der Waals surface area contributed by atoms with Crippen LogP contribution in [0.3, 0.4) is 0 Å². The van der Waals surface area contributed by atoms with E-state index >= 15 is 0 Å². The van der Waals surface area contributed by atoms with Gasteiger partial charge in [0.15, 0.2) is 0 Å². The fourth-order valence-electron chi connectivity index (χ4n) is 1.50. The third-order valence-electron chi connectivity index (χ3n) is 2.28. The van der Waals surface area contributed by atoms with Gasteiger partial charge in [-0.1, -0.05) is 24.3 Å². The molecule has 94 valence electrons. The Morgan fingerprint density at radius 1 is 1.12 bits per heavy atom. The van der Waals surface area contributed by atoms with Gasteiger partial charge in [-0.15, -0.1) is 0 Å². The van der Waals surface area contributed by atoms with Crippen molar-refractivity contribution >= 4 is 5.97 Å². The van der Waals surface area contributed by atoms with Crippen LogP contribution in [0.2, 0.25) is 0 Å². The predicted octanol–water partition coefficient (Wildman–Crippen LogP) is 3.20. The van der Waals surface area contributed by atoms with Crippen LogP contribution in [0.1, 0.15) is 24.0 Å². The van der Waals surface area contributed by atoms with E-state index in [1.165, 1.54) is 12.1 Å². The highest BCUT2D eigenvalue weighted by molar-refractivity contribution is 5.66. The molecule has 0 aliphatic rings. The lowest BCUT2D eigenvalue weighted by molar-refractivity contribution is -0.137. The van der Waals surface area contributed by atoms with Gasteiger partial charge in [0.25, 0.3) is 0 Å². The minimum Gasteiger partial charge on any atom is -0.481 e. The molecule has 1 N–H and O–H groups in total. The number of aryl methyl sites for hydroxylation is 1. The number of carboxylic acids is 1. The largest absolute Gasteiger partial charge is 0.481 e. The Hall–Kier alpha value is -1.52. The van der Waals surface area contributed by atoms with Crippen LogP contribution >= 0.6 is 0 Å². The quantitative estimate of drug-likeness (QED) is 0.866. The van der Waals surface area contributed by atoms with E-state index in [2.05, 4.69) is 0 Å². The van der Waals surface area contributed by atoms with Gasteiger partial charge in [0.05, 0.1) is 6.42 Å². The molecule has 0 amide bonds. The van der Waals surface area contributed by atoms with Crippen molar-refractivity contribution in [2.45, 2.75) is 31.9 Å². The van der Waals surface area contributed by atoms with Crippen molar-refractivity contribution in [1.29, 1.82) is 0 Å². The molecule has 0 radical (unpaired) electrons. The van der Waals surface area contributed by atoms with Crippen LogP contribution in [-0.4, -0.2) is 17.3 Å². The van der Waals surface area contributed by atoms with E-state index < -0.39 is 18.6 Å². The van der Waals surface area contributed by atoms with Crippen molar-refractivity contribution < 1.29 is 23.1 Å². The second-order valence-corrected chi connectivity index (χ2v) is 3.86. The molecular formula is C12H13F3O2. The molecule has 2 nitrogen and oxygen atoms in total. The summed E-state index contributed by atoms with van der Waals surface area (Å²) in [5.41, 5.74) is 1.08. The maximum Gasteiger partial charge on any atom is 0.393 e. The first kappa shape index (κ1) is 13.5. The zero-order valence-corrected chi connectivity index (χ0v) is 9.13. The Bertz CT molecular complexity index is 368. The van der Waals surface area contributed by atoms with Gasteiger partial charge in [0, 0.05) is 6.42 Å². The lowest BCUT2D eigenvalue weighted by Crippen LogP contribution is -2.11. The second-order valence-electron chi connectivity index (χ2n) is 3.86. The molecule has 5 heteroatoms. The Labute approximate surface area is 97.1 Å². The van der Waals surface area contributed by atoms with E-state index in [0.717, 1.165) is 5.56 Å². The van der Waals surface area contributed by atoms with E-state index in [0.29, 0.717) is 12.8 Å². The van der Waals surface area contributed by atoms with Crippen LogP contribution in [0.4, 0.5) is 13.2 Å². The first-order chi connectivity index (χ1) is 7.87. The summed E-state index contributed by atoms with van der Waals surface area (Å²) >= 11 is 0. The molecule has 1 rings (SSSR count). The van der Waals surface area contributed by atoms with Crippen LogP contribution in [0, 0.1) is 0 Å². The molecule has 0 saturated heterocycles. The van der Waals surface area contributed by atoms with Gasteiger partial charge in [-0.2, -0.15) is 13.2 Å². The number of halogens is 3. The molecule has 0 fully saturated rings. The van der Waals surface area contributed by atoms with Crippen LogP contribution in [0.25, 0.3) is 0 Å². The topological polar surface area (TPSA) is 37.3 Å². The third kappa shape index (κ3) is 5.94. The number of carboxylic acid groups (broad SMARTS) is 1. The van der Waals surface area contributed by atoms with Gasteiger partial charge in [-0.3, -0.25) is 4.79 Å². The fraction of sp³-hybridized carbons (Fsp3) is 0.417. The van der Waals surface area contributed by atoms with Gasteiger partial charge >= 0.3 is 12.1 Å². The summed E-state index contributed by atoms with van der Waals surface area (Å²) in [5.74, 6) is -0.862. The molecule has 0 aliphatic heterocycles. The molecule has 0 heterocycles. The average molecular weight is 246 g/mol. The number of carbonyl (C=O) groups is 1. The van der Waals surface area contributed by atoms with Gasteiger partial charge in [-0.25, -0.2) is 0 Å². The Balaban J connectivity index is 2.47. The van der Waals surface area contributed by atoms with E-state index in [-0.39, 0.29) is 12.0 Å². The molecule has 0 bridgehead atoms. The Morgan fingerprint density at radius 3 is 2.12 bits per heavy atom. The molecular weight excluding hydrogens is 233 g/mol. The van der Waals surface area contributed by atoms with Crippen molar-refractivity contribution in [2.75, 3.05) is 0 Å². The van der Waals surface area contributed by atoms with Crippen LogP contribution in [-0.2, 0) is 17.6 Å². The molecule has 0 saturated carbocycles. The summed E-state index contributed by atoms with van der Waals surface area (Å²) in [5, 5.41) is 8.44. The van der Waals surface area contributed by atoms with E-state index in [9.17, 15) is 18.0 Å². The molecule has 0 atom stereocenters. The maximum absolute atomic E-state index is 12.1. The van der Waals surface area contributed by atoms with Gasteiger partial charge < -0.3 is 5.11 Å². The normalized spacial score (nSPS) is 11.5. The summed E-state index contributed by atoms with van der Waals surface area (Å²) < 4.78 is 36.2. The molecule has 1 aromatic carbocycles. The van der Waals surface area contributed by atoms with Crippen LogP contribution in [0.15, 0.2) is 24.3 Å². The molecule has 0 spiro atoms. The zero-order valence-electron chi connectivity index (χ0n) is 9.13. The fourth-order valence-corrected chi connectivity index (χ4v) is 1.50. The van der Waals surface area contributed by atoms with Crippen LogP contribution < -0.4 is 0 Å². The highest BCUT2D eigenvalue weighted by Crippen LogP contribution is 2.21. The van der Waals surface area contributed by atoms with Crippen molar-refractivity contribution in [3.8, 4) is 0 Å². The first-order valence-electron chi connectivity index (χ1n) is 5.23. The highest BCUT2D eigenvalue weighted by atomic mass is 19.4. The minimum atomic E-state index is -4.19. The molecule has 1 aromatic rings. The number of alkyl halides is 3. The van der Waals surface area contributed by atoms with E-state index in [4.69, 9.17) is 5.11 Å². The molecule has 17 heavy (non-hydrogen) atoms. The highest BCUT2D eigenvalue weighted by Gasteiger charge is 2.27. The Kier molecular flexibility index (Phi) is 4.54. The first-order valence-corrected chi connectivity index (χ1v) is 5.23. The lowest BCUT2D eigenvalue weighted by Gasteiger charge is -2.07. The number of rotatable bonds is 5. The summed E-state index contributed by atoms with van der Waals surface area (Å²) in [7, 11) is 0. The predicted molar refractivity (Wildman–Crippen MR) is 56.8 cm³/mol. The van der Waals surface area contributed by atoms with Crippen LogP contribution in [0.5, 0.6) is 0 Å². The second kappa shape index (κ2) is 5.70. The maximum atomic E-state index is 12.1. The SMILES string of the molecule is O=C(O)CCCc1ccc(CC(F)(F)F)cc1. The summed E-state index contributed by atoms with van der Waals surface area (Å²) in [6.07, 6.45) is -3.98. The molecule has 0 unspecified atom stereocenters. The molecule has 0 aromatic heterocycles. The lowest BCUT2D eigenvalue weighted by atomic mass is 10.0. The zero-order chi connectivity index (χ0) is 12.9. The average Bonchev–Trinajstić information content (AvgIpc) is 2.18. The minimum absolute atomic E-state index is 0.0737. The standard InChI is InChI=1S/C12H13F3O2/c13-12(14,15)8-10-6-4-9(5-7-10)2-1-3-11(16)17/h4-7H,1-3,8H2,(H,16,17).